The summed E-state index contributed by atoms with van der Waals surface area (Å²) < 4.78 is 2.41. The Morgan fingerprint density at radius 3 is 2.50 bits per heavy atom. The fourth-order valence-electron chi connectivity index (χ4n) is 1.66. The molecule has 1 heterocycles. The monoisotopic (exact) mass is 208 g/mol. The number of nitrogen functional groups attached to an aromatic ring is 1. The lowest BCUT2D eigenvalue weighted by molar-refractivity contribution is 0.380. The molecule has 1 fully saturated rings. The van der Waals surface area contributed by atoms with Gasteiger partial charge in [-0.15, -0.1) is 0 Å². The molecule has 0 amide bonds. The lowest BCUT2D eigenvalue weighted by Crippen LogP contribution is -2.22. The minimum atomic E-state index is 0.892. The topological polar surface area (TPSA) is 29.3 Å². The summed E-state index contributed by atoms with van der Waals surface area (Å²) in [5.74, 6) is 0. The van der Waals surface area contributed by atoms with Crippen LogP contribution < -0.4 is 5.73 Å². The van der Waals surface area contributed by atoms with Crippen molar-refractivity contribution in [1.82, 2.24) is 4.31 Å². The van der Waals surface area contributed by atoms with Gasteiger partial charge in [-0.25, -0.2) is 4.31 Å². The number of nitrogens with two attached hydrogens (primary N) is 1. The summed E-state index contributed by atoms with van der Waals surface area (Å²) in [6, 6.07) is 8.08. The molecule has 0 saturated carbocycles. The molecule has 0 atom stereocenters. The number of hydrogen-bond donors (Lipinski definition) is 1. The summed E-state index contributed by atoms with van der Waals surface area (Å²) in [5.41, 5.74) is 6.78. The smallest absolute Gasteiger partial charge is 0.0465 e. The van der Waals surface area contributed by atoms with E-state index in [2.05, 4.69) is 10.4 Å². The number of piperidine rings is 1. The van der Waals surface area contributed by atoms with Gasteiger partial charge in [-0.3, -0.25) is 0 Å². The summed E-state index contributed by atoms with van der Waals surface area (Å²) in [7, 11) is 0. The van der Waals surface area contributed by atoms with Gasteiger partial charge in [0.2, 0.25) is 0 Å². The summed E-state index contributed by atoms with van der Waals surface area (Å²) in [4.78, 5) is 1.19. The van der Waals surface area contributed by atoms with Gasteiger partial charge in [-0.05, 0) is 36.9 Å². The Bertz CT molecular complexity index is 295. The van der Waals surface area contributed by atoms with Crippen LogP contribution in [0.4, 0.5) is 5.69 Å². The molecule has 14 heavy (non-hydrogen) atoms. The van der Waals surface area contributed by atoms with Crippen molar-refractivity contribution in [2.75, 3.05) is 18.8 Å². The molecule has 1 aliphatic heterocycles. The van der Waals surface area contributed by atoms with Crippen molar-refractivity contribution < 1.29 is 0 Å². The van der Waals surface area contributed by atoms with Crippen molar-refractivity contribution in [3.05, 3.63) is 24.3 Å². The van der Waals surface area contributed by atoms with Crippen LogP contribution in [0.15, 0.2) is 29.2 Å². The van der Waals surface area contributed by atoms with E-state index in [0.717, 1.165) is 5.69 Å². The highest BCUT2D eigenvalue weighted by molar-refractivity contribution is 7.97. The predicted octanol–water partition coefficient (Wildman–Crippen LogP) is 2.76. The minimum Gasteiger partial charge on any atom is -0.398 e. The Morgan fingerprint density at radius 1 is 1.07 bits per heavy atom. The summed E-state index contributed by atoms with van der Waals surface area (Å²) in [6.45, 7) is 2.39. The van der Waals surface area contributed by atoms with Gasteiger partial charge >= 0.3 is 0 Å². The fourth-order valence-corrected chi connectivity index (χ4v) is 2.69. The summed E-state index contributed by atoms with van der Waals surface area (Å²) in [6.07, 6.45) is 4.01. The number of rotatable bonds is 2. The van der Waals surface area contributed by atoms with E-state index in [1.165, 1.54) is 37.2 Å². The van der Waals surface area contributed by atoms with Gasteiger partial charge in [0.25, 0.3) is 0 Å². The molecule has 0 radical (unpaired) electrons. The fraction of sp³-hybridized carbons (Fsp3) is 0.455. The van der Waals surface area contributed by atoms with Crippen LogP contribution in [0.3, 0.4) is 0 Å². The second kappa shape index (κ2) is 4.71. The van der Waals surface area contributed by atoms with Crippen molar-refractivity contribution in [3.8, 4) is 0 Å². The third-order valence-corrected chi connectivity index (χ3v) is 3.65. The minimum absolute atomic E-state index is 0.892. The van der Waals surface area contributed by atoms with E-state index in [1.807, 2.05) is 18.2 Å². The second-order valence-corrected chi connectivity index (χ2v) is 4.76. The van der Waals surface area contributed by atoms with Gasteiger partial charge in [0.1, 0.15) is 0 Å². The first-order chi connectivity index (χ1) is 6.86. The van der Waals surface area contributed by atoms with E-state index >= 15 is 0 Å². The molecule has 0 aromatic heterocycles. The molecular weight excluding hydrogens is 192 g/mol. The van der Waals surface area contributed by atoms with Crippen molar-refractivity contribution in [2.24, 2.45) is 0 Å². The van der Waals surface area contributed by atoms with Gasteiger partial charge in [0, 0.05) is 23.7 Å². The molecule has 1 aromatic carbocycles. The highest BCUT2D eigenvalue weighted by atomic mass is 32.2. The number of para-hydroxylation sites is 1. The Hall–Kier alpha value is -0.670. The van der Waals surface area contributed by atoms with Gasteiger partial charge < -0.3 is 5.73 Å². The lowest BCUT2D eigenvalue weighted by Gasteiger charge is -2.25. The first-order valence-corrected chi connectivity index (χ1v) is 5.91. The van der Waals surface area contributed by atoms with Crippen LogP contribution in [-0.2, 0) is 0 Å². The maximum Gasteiger partial charge on any atom is 0.0465 e. The van der Waals surface area contributed by atoms with Crippen molar-refractivity contribution >= 4 is 17.6 Å². The van der Waals surface area contributed by atoms with Gasteiger partial charge in [0.05, 0.1) is 0 Å². The van der Waals surface area contributed by atoms with Crippen molar-refractivity contribution in [1.29, 1.82) is 0 Å². The van der Waals surface area contributed by atoms with Crippen LogP contribution in [0.25, 0.3) is 0 Å². The summed E-state index contributed by atoms with van der Waals surface area (Å²) in [5, 5.41) is 0. The molecule has 1 aliphatic rings. The van der Waals surface area contributed by atoms with Crippen LogP contribution in [0, 0.1) is 0 Å². The van der Waals surface area contributed by atoms with E-state index in [4.69, 9.17) is 5.73 Å². The predicted molar refractivity (Wildman–Crippen MR) is 62.1 cm³/mol. The first kappa shape index (κ1) is 9.87. The van der Waals surface area contributed by atoms with Gasteiger partial charge in [0.15, 0.2) is 0 Å². The SMILES string of the molecule is Nc1ccccc1SN1CCCCC1. The Balaban J connectivity index is 1.99. The van der Waals surface area contributed by atoms with Crippen molar-refractivity contribution in [3.63, 3.8) is 0 Å². The molecule has 0 aliphatic carbocycles. The average molecular weight is 208 g/mol. The van der Waals surface area contributed by atoms with E-state index in [9.17, 15) is 0 Å². The molecule has 2 nitrogen and oxygen atoms in total. The maximum atomic E-state index is 5.89. The van der Waals surface area contributed by atoms with Gasteiger partial charge in [-0.1, -0.05) is 18.6 Å². The lowest BCUT2D eigenvalue weighted by atomic mass is 10.2. The zero-order chi connectivity index (χ0) is 9.80. The average Bonchev–Trinajstić information content (AvgIpc) is 2.23. The van der Waals surface area contributed by atoms with Crippen LogP contribution in [-0.4, -0.2) is 17.4 Å². The molecule has 2 rings (SSSR count). The molecular formula is C11H16N2S. The third kappa shape index (κ3) is 2.42. The van der Waals surface area contributed by atoms with Crippen LogP contribution in [0.1, 0.15) is 19.3 Å². The zero-order valence-electron chi connectivity index (χ0n) is 8.28. The molecule has 0 unspecified atom stereocenters. The Morgan fingerprint density at radius 2 is 1.79 bits per heavy atom. The van der Waals surface area contributed by atoms with Crippen LogP contribution >= 0.6 is 11.9 Å². The van der Waals surface area contributed by atoms with Crippen LogP contribution in [0.2, 0.25) is 0 Å². The van der Waals surface area contributed by atoms with Gasteiger partial charge in [-0.2, -0.15) is 0 Å². The summed E-state index contributed by atoms with van der Waals surface area (Å²) >= 11 is 1.80. The normalized spacial score (nSPS) is 18.3. The van der Waals surface area contributed by atoms with E-state index in [0.29, 0.717) is 0 Å². The largest absolute Gasteiger partial charge is 0.398 e. The zero-order valence-corrected chi connectivity index (χ0v) is 9.09. The highest BCUT2D eigenvalue weighted by Crippen LogP contribution is 2.29. The highest BCUT2D eigenvalue weighted by Gasteiger charge is 2.12. The number of nitrogens with zero attached hydrogens (tertiary/aromatic N) is 1. The maximum absolute atomic E-state index is 5.89. The molecule has 0 spiro atoms. The number of hydrogen-bond acceptors (Lipinski definition) is 3. The third-order valence-electron chi connectivity index (χ3n) is 2.46. The Kier molecular flexibility index (Phi) is 3.32. The molecule has 76 valence electrons. The standard InChI is InChI=1S/C11H16N2S/c12-10-6-2-3-7-11(10)14-13-8-4-1-5-9-13/h2-3,6-7H,1,4-5,8-9,12H2. The Labute approximate surface area is 89.6 Å². The quantitative estimate of drug-likeness (QED) is 0.598. The molecule has 2 N–H and O–H groups in total. The first-order valence-electron chi connectivity index (χ1n) is 5.14. The molecule has 0 bridgehead atoms. The van der Waals surface area contributed by atoms with Crippen molar-refractivity contribution in [2.45, 2.75) is 24.2 Å². The molecule has 3 heteroatoms. The van der Waals surface area contributed by atoms with E-state index in [-0.39, 0.29) is 0 Å². The van der Waals surface area contributed by atoms with E-state index in [1.54, 1.807) is 11.9 Å². The number of anilines is 1. The molecule has 1 saturated heterocycles. The number of benzene rings is 1. The van der Waals surface area contributed by atoms with Crippen LogP contribution in [0.5, 0.6) is 0 Å². The second-order valence-electron chi connectivity index (χ2n) is 3.62. The van der Waals surface area contributed by atoms with E-state index < -0.39 is 0 Å². The molecule has 1 aromatic rings.